The Morgan fingerprint density at radius 3 is 2.43 bits per heavy atom. The number of hydrogen-bond donors (Lipinski definition) is 1. The lowest BCUT2D eigenvalue weighted by molar-refractivity contribution is -0.137. The first-order valence-corrected chi connectivity index (χ1v) is 12.2. The van der Waals surface area contributed by atoms with E-state index in [0.29, 0.717) is 52.6 Å². The predicted octanol–water partition coefficient (Wildman–Crippen LogP) is 6.80. The molecular weight excluding hydrogens is 508 g/mol. The molecule has 196 valence electrons. The van der Waals surface area contributed by atoms with Crippen molar-refractivity contribution in [1.29, 1.82) is 0 Å². The summed E-state index contributed by atoms with van der Waals surface area (Å²) in [5, 5.41) is 7.51. The number of anilines is 1. The number of pyridine rings is 1. The van der Waals surface area contributed by atoms with Gasteiger partial charge >= 0.3 is 6.18 Å². The van der Waals surface area contributed by atoms with Gasteiger partial charge in [0.2, 0.25) is 5.95 Å². The van der Waals surface area contributed by atoms with E-state index in [-0.39, 0.29) is 5.02 Å². The fourth-order valence-electron chi connectivity index (χ4n) is 4.31. The highest BCUT2D eigenvalue weighted by Crippen LogP contribution is 2.37. The molecule has 0 bridgehead atoms. The molecule has 0 aliphatic carbocycles. The summed E-state index contributed by atoms with van der Waals surface area (Å²) in [6.45, 7) is 9.92. The number of aromatic nitrogens is 4. The Kier molecular flexibility index (Phi) is 7.70. The number of hydrogen-bond acceptors (Lipinski definition) is 5. The molecule has 0 aliphatic heterocycles. The highest BCUT2D eigenvalue weighted by molar-refractivity contribution is 6.31. The topological polar surface area (TPSA) is 58.3 Å². The van der Waals surface area contributed by atoms with Crippen molar-refractivity contribution < 1.29 is 17.6 Å². The van der Waals surface area contributed by atoms with Gasteiger partial charge in [-0.05, 0) is 64.1 Å². The van der Waals surface area contributed by atoms with Crippen LogP contribution < -0.4 is 5.32 Å². The third-order valence-corrected chi connectivity index (χ3v) is 6.33. The van der Waals surface area contributed by atoms with E-state index in [2.05, 4.69) is 53.0 Å². The molecule has 3 aromatic heterocycles. The average Bonchev–Trinajstić information content (AvgIpc) is 3.21. The zero-order valence-corrected chi connectivity index (χ0v) is 21.6. The van der Waals surface area contributed by atoms with Crippen LogP contribution in [-0.2, 0) is 6.18 Å². The third-order valence-electron chi connectivity index (χ3n) is 6.04. The fourth-order valence-corrected chi connectivity index (χ4v) is 4.49. The standard InChI is InChI=1S/C26H27ClF4N6/c1-15(2)36(16(3)4)12-11-33-25-32-10-9-21(34-25)23-22-8-6-18(26(29,30)31)14-37(22)35-24(23)17-5-7-20(28)19(27)13-17/h5-10,13-16H,11-12H2,1-4H3,(H,32,33,34). The van der Waals surface area contributed by atoms with E-state index in [9.17, 15) is 17.6 Å². The maximum atomic E-state index is 13.8. The van der Waals surface area contributed by atoms with Crippen LogP contribution in [0.1, 0.15) is 33.3 Å². The summed E-state index contributed by atoms with van der Waals surface area (Å²) in [5.74, 6) is -0.236. The molecule has 0 fully saturated rings. The Morgan fingerprint density at radius 1 is 1.05 bits per heavy atom. The van der Waals surface area contributed by atoms with Crippen molar-refractivity contribution in [3.63, 3.8) is 0 Å². The lowest BCUT2D eigenvalue weighted by Gasteiger charge is -2.30. The number of nitrogens with one attached hydrogen (secondary N) is 1. The number of nitrogens with zero attached hydrogens (tertiary/aromatic N) is 5. The number of halogens is 5. The molecule has 0 saturated heterocycles. The molecule has 0 amide bonds. The molecule has 0 atom stereocenters. The van der Waals surface area contributed by atoms with E-state index in [1.54, 1.807) is 12.3 Å². The molecule has 0 saturated carbocycles. The number of rotatable bonds is 8. The van der Waals surface area contributed by atoms with Gasteiger partial charge in [0.1, 0.15) is 11.5 Å². The summed E-state index contributed by atoms with van der Waals surface area (Å²) in [7, 11) is 0. The quantitative estimate of drug-likeness (QED) is 0.252. The van der Waals surface area contributed by atoms with Crippen LogP contribution in [-0.4, -0.2) is 49.7 Å². The molecule has 4 rings (SSSR count). The van der Waals surface area contributed by atoms with Gasteiger partial charge in [-0.15, -0.1) is 0 Å². The highest BCUT2D eigenvalue weighted by atomic mass is 35.5. The fraction of sp³-hybridized carbons (Fsp3) is 0.346. The van der Waals surface area contributed by atoms with Crippen LogP contribution in [0.5, 0.6) is 0 Å². The van der Waals surface area contributed by atoms with Crippen molar-refractivity contribution in [1.82, 2.24) is 24.5 Å². The Labute approximate surface area is 217 Å². The van der Waals surface area contributed by atoms with Crippen molar-refractivity contribution in [2.24, 2.45) is 0 Å². The SMILES string of the molecule is CC(C)N(CCNc1nccc(-c2c(-c3ccc(F)c(Cl)c3)nn3cc(C(F)(F)F)ccc23)n1)C(C)C. The second kappa shape index (κ2) is 10.6. The van der Waals surface area contributed by atoms with Gasteiger partial charge in [0.25, 0.3) is 0 Å². The van der Waals surface area contributed by atoms with Crippen LogP contribution in [0.15, 0.2) is 48.8 Å². The summed E-state index contributed by atoms with van der Waals surface area (Å²) in [6.07, 6.45) is -2.05. The van der Waals surface area contributed by atoms with Gasteiger partial charge in [0.05, 0.1) is 27.4 Å². The van der Waals surface area contributed by atoms with Crippen LogP contribution in [0, 0.1) is 5.82 Å². The van der Waals surface area contributed by atoms with Gasteiger partial charge < -0.3 is 5.32 Å². The van der Waals surface area contributed by atoms with E-state index < -0.39 is 17.6 Å². The van der Waals surface area contributed by atoms with Crippen molar-refractivity contribution in [3.05, 3.63) is 65.2 Å². The summed E-state index contributed by atoms with van der Waals surface area (Å²) in [4.78, 5) is 11.3. The van der Waals surface area contributed by atoms with Gasteiger partial charge in [-0.1, -0.05) is 11.6 Å². The molecular formula is C26H27ClF4N6. The molecule has 1 N–H and O–H groups in total. The van der Waals surface area contributed by atoms with Crippen LogP contribution in [0.25, 0.3) is 28.0 Å². The van der Waals surface area contributed by atoms with Gasteiger partial charge in [0, 0.05) is 43.1 Å². The van der Waals surface area contributed by atoms with Crippen molar-refractivity contribution >= 4 is 23.1 Å². The van der Waals surface area contributed by atoms with Gasteiger partial charge in [0.15, 0.2) is 0 Å². The first kappa shape index (κ1) is 26.8. The third kappa shape index (κ3) is 5.86. The van der Waals surface area contributed by atoms with Crippen molar-refractivity contribution in [2.75, 3.05) is 18.4 Å². The van der Waals surface area contributed by atoms with Crippen LogP contribution >= 0.6 is 11.6 Å². The first-order chi connectivity index (χ1) is 17.5. The zero-order valence-electron chi connectivity index (χ0n) is 20.8. The Morgan fingerprint density at radius 2 is 1.78 bits per heavy atom. The maximum absolute atomic E-state index is 13.8. The Hall–Kier alpha value is -3.24. The van der Waals surface area contributed by atoms with E-state index >= 15 is 0 Å². The Balaban J connectivity index is 1.76. The molecule has 1 aromatic carbocycles. The largest absolute Gasteiger partial charge is 0.417 e. The van der Waals surface area contributed by atoms with Crippen LogP contribution in [0.4, 0.5) is 23.5 Å². The van der Waals surface area contributed by atoms with Gasteiger partial charge in [-0.3, -0.25) is 4.90 Å². The van der Waals surface area contributed by atoms with E-state index in [1.807, 2.05) is 0 Å². The normalized spacial score (nSPS) is 12.3. The molecule has 0 aliphatic rings. The molecule has 0 radical (unpaired) electrons. The second-order valence-electron chi connectivity index (χ2n) is 9.22. The molecule has 0 spiro atoms. The first-order valence-electron chi connectivity index (χ1n) is 11.8. The van der Waals surface area contributed by atoms with E-state index in [4.69, 9.17) is 11.6 Å². The van der Waals surface area contributed by atoms with Crippen LogP contribution in [0.3, 0.4) is 0 Å². The molecule has 0 unspecified atom stereocenters. The minimum Gasteiger partial charge on any atom is -0.353 e. The number of benzene rings is 1. The minimum absolute atomic E-state index is 0.124. The Bertz CT molecular complexity index is 1390. The van der Waals surface area contributed by atoms with Crippen molar-refractivity contribution in [2.45, 2.75) is 46.0 Å². The maximum Gasteiger partial charge on any atom is 0.417 e. The molecule has 11 heteroatoms. The zero-order chi connectivity index (χ0) is 26.9. The molecule has 37 heavy (non-hydrogen) atoms. The number of alkyl halides is 3. The smallest absolute Gasteiger partial charge is 0.353 e. The molecule has 3 heterocycles. The second-order valence-corrected chi connectivity index (χ2v) is 9.62. The monoisotopic (exact) mass is 534 g/mol. The highest BCUT2D eigenvalue weighted by Gasteiger charge is 2.31. The molecule has 6 nitrogen and oxygen atoms in total. The summed E-state index contributed by atoms with van der Waals surface area (Å²) < 4.78 is 55.1. The predicted molar refractivity (Wildman–Crippen MR) is 137 cm³/mol. The summed E-state index contributed by atoms with van der Waals surface area (Å²) >= 11 is 6.00. The number of fused-ring (bicyclic) bond motifs is 1. The van der Waals surface area contributed by atoms with Crippen molar-refractivity contribution in [3.8, 4) is 22.5 Å². The summed E-state index contributed by atoms with van der Waals surface area (Å²) in [6, 6.07) is 8.80. The molecule has 4 aromatic rings. The van der Waals surface area contributed by atoms with E-state index in [1.165, 1.54) is 24.3 Å². The lowest BCUT2D eigenvalue weighted by atomic mass is 10.0. The van der Waals surface area contributed by atoms with E-state index in [0.717, 1.165) is 23.3 Å². The van der Waals surface area contributed by atoms with Crippen LogP contribution in [0.2, 0.25) is 5.02 Å². The lowest BCUT2D eigenvalue weighted by Crippen LogP contribution is -2.40. The average molecular weight is 535 g/mol. The van der Waals surface area contributed by atoms with Gasteiger partial charge in [-0.2, -0.15) is 18.3 Å². The van der Waals surface area contributed by atoms with Gasteiger partial charge in [-0.25, -0.2) is 18.9 Å². The minimum atomic E-state index is -4.54. The summed E-state index contributed by atoms with van der Waals surface area (Å²) in [5.41, 5.74) is 1.25.